The molecule has 0 radical (unpaired) electrons. The van der Waals surface area contributed by atoms with Crippen LogP contribution in [0.15, 0.2) is 0 Å². The average molecular weight is 773 g/mol. The Balaban J connectivity index is -0.00000185. The topological polar surface area (TPSA) is 158 Å². The zero-order valence-electron chi connectivity index (χ0n) is 36.2. The standard InChI is InChI=1S/C38H74O4.C6H12O2.CH2O3/c1-6-11-16-21-28-37(29-22-17-12-7-2,30-23-18-13-8-3)38(31-24-19-14-9-4,32-25-20-15-10-5)33-26-27-34-42-36(41)35(39)40;1-2-3-4-5-6(7)8;2-1(3)4/h6-34H2,1-5H3,(H,39,40);2-5H2,1H3,(H,7,8);(H2,2,3,4). The number of aliphatic carboxylic acids is 2. The van der Waals surface area contributed by atoms with E-state index in [-0.39, 0.29) is 6.61 Å². The number of carbonyl (C=O) groups is 4. The third-order valence-corrected chi connectivity index (χ3v) is 11.1. The molecular weight excluding hydrogens is 684 g/mol. The largest absolute Gasteiger partial charge is 0.503 e. The number of hydrogen-bond donors (Lipinski definition) is 4. The number of ether oxygens (including phenoxy) is 1. The molecule has 9 nitrogen and oxygen atoms in total. The minimum Gasteiger partial charge on any atom is -0.481 e. The van der Waals surface area contributed by atoms with Crippen molar-refractivity contribution in [2.75, 3.05) is 6.61 Å². The van der Waals surface area contributed by atoms with Gasteiger partial charge in [0, 0.05) is 6.42 Å². The van der Waals surface area contributed by atoms with Crippen LogP contribution in [-0.4, -0.2) is 51.1 Å². The second-order valence-corrected chi connectivity index (χ2v) is 15.6. The van der Waals surface area contributed by atoms with E-state index in [2.05, 4.69) is 41.5 Å². The Hall–Kier alpha value is -2.32. The van der Waals surface area contributed by atoms with Crippen LogP contribution in [0.4, 0.5) is 4.79 Å². The maximum absolute atomic E-state index is 11.6. The minimum absolute atomic E-state index is 0.226. The van der Waals surface area contributed by atoms with Gasteiger partial charge < -0.3 is 25.2 Å². The van der Waals surface area contributed by atoms with E-state index in [1.807, 2.05) is 0 Å². The summed E-state index contributed by atoms with van der Waals surface area (Å²) in [7, 11) is 0. The Kier molecular flexibility index (Phi) is 41.9. The molecule has 0 amide bonds. The predicted molar refractivity (Wildman–Crippen MR) is 224 cm³/mol. The Bertz CT molecular complexity index is 826. The van der Waals surface area contributed by atoms with Crippen molar-refractivity contribution in [2.45, 2.75) is 247 Å². The lowest BCUT2D eigenvalue weighted by atomic mass is 9.51. The van der Waals surface area contributed by atoms with Crippen molar-refractivity contribution in [1.82, 2.24) is 0 Å². The molecule has 0 atom stereocenters. The van der Waals surface area contributed by atoms with E-state index in [0.29, 0.717) is 17.3 Å². The second-order valence-electron chi connectivity index (χ2n) is 15.6. The fraction of sp³-hybridized carbons (Fsp3) is 0.911. The molecule has 0 spiro atoms. The van der Waals surface area contributed by atoms with Gasteiger partial charge in [-0.2, -0.15) is 0 Å². The number of hydrogen-bond acceptors (Lipinski definition) is 5. The van der Waals surface area contributed by atoms with Crippen LogP contribution >= 0.6 is 0 Å². The molecule has 9 heteroatoms. The summed E-state index contributed by atoms with van der Waals surface area (Å²) in [5.41, 5.74) is 0.717. The number of carboxylic acid groups (broad SMARTS) is 4. The van der Waals surface area contributed by atoms with Crippen molar-refractivity contribution >= 4 is 24.1 Å². The number of rotatable bonds is 35. The van der Waals surface area contributed by atoms with Crippen LogP contribution in [0.2, 0.25) is 0 Å². The summed E-state index contributed by atoms with van der Waals surface area (Å²) in [5, 5.41) is 31.0. The van der Waals surface area contributed by atoms with Crippen molar-refractivity contribution in [3.05, 3.63) is 0 Å². The van der Waals surface area contributed by atoms with Gasteiger partial charge in [-0.05, 0) is 68.6 Å². The molecule has 0 unspecified atom stereocenters. The van der Waals surface area contributed by atoms with Crippen LogP contribution in [0.5, 0.6) is 0 Å². The maximum Gasteiger partial charge on any atom is 0.503 e. The third-order valence-electron chi connectivity index (χ3n) is 11.1. The minimum atomic E-state index is -1.83. The molecule has 0 aromatic heterocycles. The highest BCUT2D eigenvalue weighted by atomic mass is 16.6. The Morgan fingerprint density at radius 2 is 0.648 bits per heavy atom. The van der Waals surface area contributed by atoms with Gasteiger partial charge in [0.25, 0.3) is 0 Å². The summed E-state index contributed by atoms with van der Waals surface area (Å²) in [6.45, 7) is 13.9. The highest BCUT2D eigenvalue weighted by Crippen LogP contribution is 2.59. The third kappa shape index (κ3) is 33.1. The first kappa shape index (κ1) is 56.0. The molecule has 322 valence electrons. The quantitative estimate of drug-likeness (QED) is 0.0279. The molecule has 0 aromatic carbocycles. The van der Waals surface area contributed by atoms with E-state index in [9.17, 15) is 14.4 Å². The van der Waals surface area contributed by atoms with E-state index in [4.69, 9.17) is 30.0 Å². The Morgan fingerprint density at radius 1 is 0.389 bits per heavy atom. The SMILES string of the molecule is CCCCCC(=O)O.CCCCCCC(CCCCCC)(CCCCCC)C(CCCCCC)(CCCCCC)CCCCOC(=O)C(=O)O.O=C(O)O. The monoisotopic (exact) mass is 773 g/mol. The van der Waals surface area contributed by atoms with Crippen molar-refractivity contribution < 1.29 is 44.3 Å². The van der Waals surface area contributed by atoms with Gasteiger partial charge in [-0.3, -0.25) is 4.79 Å². The molecule has 54 heavy (non-hydrogen) atoms. The average Bonchev–Trinajstić information content (AvgIpc) is 3.13. The number of carboxylic acids is 2. The molecule has 4 N–H and O–H groups in total. The van der Waals surface area contributed by atoms with Crippen LogP contribution in [0.3, 0.4) is 0 Å². The first-order valence-corrected chi connectivity index (χ1v) is 22.4. The molecule has 0 saturated carbocycles. The molecule has 0 aliphatic rings. The molecule has 0 rings (SSSR count). The van der Waals surface area contributed by atoms with Crippen LogP contribution in [-0.2, 0) is 19.1 Å². The van der Waals surface area contributed by atoms with Crippen LogP contribution < -0.4 is 0 Å². The highest BCUT2D eigenvalue weighted by molar-refractivity contribution is 6.28. The van der Waals surface area contributed by atoms with Gasteiger partial charge >= 0.3 is 24.1 Å². The second kappa shape index (κ2) is 40.3. The number of carbonyl (C=O) groups excluding carboxylic acids is 1. The zero-order valence-corrected chi connectivity index (χ0v) is 36.2. The van der Waals surface area contributed by atoms with Gasteiger partial charge in [0.2, 0.25) is 0 Å². The van der Waals surface area contributed by atoms with Crippen LogP contribution in [0.25, 0.3) is 0 Å². The fourth-order valence-corrected chi connectivity index (χ4v) is 8.11. The summed E-state index contributed by atoms with van der Waals surface area (Å²) in [4.78, 5) is 41.0. The summed E-state index contributed by atoms with van der Waals surface area (Å²) in [6.07, 6.45) is 37.8. The smallest absolute Gasteiger partial charge is 0.481 e. The van der Waals surface area contributed by atoms with Crippen molar-refractivity contribution in [3.63, 3.8) is 0 Å². The lowest BCUT2D eigenvalue weighted by molar-refractivity contribution is -0.164. The van der Waals surface area contributed by atoms with Crippen LogP contribution in [0.1, 0.15) is 247 Å². The maximum atomic E-state index is 11.6. The molecule has 0 fully saturated rings. The molecular formula is C45H88O9. The molecule has 0 aliphatic heterocycles. The first-order chi connectivity index (χ1) is 25.9. The van der Waals surface area contributed by atoms with Crippen molar-refractivity contribution in [2.24, 2.45) is 10.8 Å². The van der Waals surface area contributed by atoms with Crippen molar-refractivity contribution in [1.29, 1.82) is 0 Å². The normalized spacial score (nSPS) is 11.2. The van der Waals surface area contributed by atoms with Gasteiger partial charge in [0.15, 0.2) is 0 Å². The van der Waals surface area contributed by atoms with Gasteiger partial charge in [-0.1, -0.05) is 183 Å². The van der Waals surface area contributed by atoms with Gasteiger partial charge in [0.05, 0.1) is 6.61 Å². The summed E-state index contributed by atoms with van der Waals surface area (Å²) in [5.74, 6) is -3.28. The summed E-state index contributed by atoms with van der Waals surface area (Å²) in [6, 6.07) is 0. The zero-order chi connectivity index (χ0) is 41.4. The van der Waals surface area contributed by atoms with E-state index < -0.39 is 24.1 Å². The van der Waals surface area contributed by atoms with Crippen LogP contribution in [0, 0.1) is 10.8 Å². The fourth-order valence-electron chi connectivity index (χ4n) is 8.11. The van der Waals surface area contributed by atoms with E-state index in [0.717, 1.165) is 32.1 Å². The first-order valence-electron chi connectivity index (χ1n) is 22.4. The lowest BCUT2D eigenvalue weighted by Gasteiger charge is -2.53. The van der Waals surface area contributed by atoms with E-state index >= 15 is 0 Å². The molecule has 0 bridgehead atoms. The Labute approximate surface area is 332 Å². The highest BCUT2D eigenvalue weighted by Gasteiger charge is 2.48. The van der Waals surface area contributed by atoms with Gasteiger partial charge in [0.1, 0.15) is 0 Å². The Morgan fingerprint density at radius 3 is 0.889 bits per heavy atom. The molecule has 0 heterocycles. The molecule has 0 saturated heterocycles. The molecule has 0 aliphatic carbocycles. The van der Waals surface area contributed by atoms with Crippen molar-refractivity contribution in [3.8, 4) is 0 Å². The van der Waals surface area contributed by atoms with Gasteiger partial charge in [-0.25, -0.2) is 14.4 Å². The number of unbranched alkanes of at least 4 members (excludes halogenated alkanes) is 18. The summed E-state index contributed by atoms with van der Waals surface area (Å²) < 4.78 is 5.07. The number of esters is 1. The van der Waals surface area contributed by atoms with E-state index in [1.165, 1.54) is 167 Å². The van der Waals surface area contributed by atoms with Gasteiger partial charge in [-0.15, -0.1) is 0 Å². The van der Waals surface area contributed by atoms with E-state index in [1.54, 1.807) is 0 Å². The summed E-state index contributed by atoms with van der Waals surface area (Å²) >= 11 is 0. The molecule has 0 aromatic rings. The predicted octanol–water partition coefficient (Wildman–Crippen LogP) is 14.5. The lowest BCUT2D eigenvalue weighted by Crippen LogP contribution is -2.43.